The summed E-state index contributed by atoms with van der Waals surface area (Å²) in [5.41, 5.74) is 2.28. The molecule has 0 spiro atoms. The average Bonchev–Trinajstić information content (AvgIpc) is 3.31. The van der Waals surface area contributed by atoms with Gasteiger partial charge in [0, 0.05) is 44.1 Å². The Kier molecular flexibility index (Phi) is 12.3. The molecule has 1 aromatic carbocycles. The van der Waals surface area contributed by atoms with Crippen molar-refractivity contribution in [2.45, 2.75) is 58.7 Å². The quantitative estimate of drug-likeness (QED) is 0.186. The predicted octanol–water partition coefficient (Wildman–Crippen LogP) is 3.87. The molecule has 2 N–H and O–H groups in total. The van der Waals surface area contributed by atoms with Crippen LogP contribution in [-0.2, 0) is 17.8 Å². The van der Waals surface area contributed by atoms with Gasteiger partial charge in [-0.25, -0.2) is 4.99 Å². The Morgan fingerprint density at radius 1 is 1.24 bits per heavy atom. The van der Waals surface area contributed by atoms with Crippen molar-refractivity contribution in [2.24, 2.45) is 4.99 Å². The molecule has 1 aliphatic rings. The molecule has 2 aromatic rings. The number of nitrogens with one attached hydrogen (secondary N) is 2. The number of aromatic nitrogens is 1. The fraction of sp³-hybridized carbons (Fsp3) is 0.520. The second-order valence-electron chi connectivity index (χ2n) is 8.12. The zero-order chi connectivity index (χ0) is 22.6. The molecule has 1 aliphatic heterocycles. The summed E-state index contributed by atoms with van der Waals surface area (Å²) in [7, 11) is 0. The summed E-state index contributed by atoms with van der Waals surface area (Å²) < 4.78 is 13.5. The molecule has 1 unspecified atom stereocenters. The normalized spacial score (nSPS) is 15.7. The molecule has 33 heavy (non-hydrogen) atoms. The van der Waals surface area contributed by atoms with Gasteiger partial charge in [0.1, 0.15) is 12.4 Å². The summed E-state index contributed by atoms with van der Waals surface area (Å²) in [5.74, 6) is 1.67. The molecule has 1 saturated heterocycles. The van der Waals surface area contributed by atoms with Crippen LogP contribution >= 0.6 is 24.0 Å². The lowest BCUT2D eigenvalue weighted by Gasteiger charge is -2.15. The maximum atomic E-state index is 11.8. The van der Waals surface area contributed by atoms with Crippen LogP contribution < -0.4 is 20.9 Å². The van der Waals surface area contributed by atoms with Crippen LogP contribution in [0.15, 0.2) is 52.4 Å². The van der Waals surface area contributed by atoms with E-state index in [0.29, 0.717) is 13.2 Å². The minimum atomic E-state index is 0. The summed E-state index contributed by atoms with van der Waals surface area (Å²) in [6.45, 7) is 8.40. The summed E-state index contributed by atoms with van der Waals surface area (Å²) in [6, 6.07) is 11.5. The first-order valence-electron chi connectivity index (χ1n) is 11.7. The predicted molar refractivity (Wildman–Crippen MR) is 144 cm³/mol. The third-order valence-electron chi connectivity index (χ3n) is 5.44. The number of unbranched alkanes of at least 4 members (excludes halogenated alkanes) is 1. The van der Waals surface area contributed by atoms with Crippen molar-refractivity contribution in [2.75, 3.05) is 26.3 Å². The molecule has 0 saturated carbocycles. The van der Waals surface area contributed by atoms with Crippen molar-refractivity contribution < 1.29 is 9.47 Å². The number of aliphatic imine (C=N–C) groups is 1. The number of hydrogen-bond acceptors (Lipinski definition) is 4. The van der Waals surface area contributed by atoms with Crippen molar-refractivity contribution in [1.82, 2.24) is 15.2 Å². The van der Waals surface area contributed by atoms with Crippen LogP contribution in [0, 0.1) is 6.92 Å². The monoisotopic (exact) mass is 568 g/mol. The van der Waals surface area contributed by atoms with E-state index in [-0.39, 0.29) is 35.6 Å². The van der Waals surface area contributed by atoms with Crippen molar-refractivity contribution in [3.63, 3.8) is 0 Å². The maximum absolute atomic E-state index is 11.8. The van der Waals surface area contributed by atoms with Crippen molar-refractivity contribution in [3.8, 4) is 5.75 Å². The van der Waals surface area contributed by atoms with Crippen molar-refractivity contribution in [3.05, 3.63) is 64.1 Å². The van der Waals surface area contributed by atoms with Crippen LogP contribution in [-0.4, -0.2) is 42.9 Å². The third-order valence-corrected chi connectivity index (χ3v) is 5.44. The first-order valence-corrected chi connectivity index (χ1v) is 11.7. The number of guanidine groups is 1. The molecule has 8 heteroatoms. The van der Waals surface area contributed by atoms with Gasteiger partial charge in [0.05, 0.1) is 12.6 Å². The molecular formula is C25H37IN4O3. The highest BCUT2D eigenvalue weighted by Crippen LogP contribution is 2.23. The first kappa shape index (κ1) is 27.2. The van der Waals surface area contributed by atoms with E-state index in [0.717, 1.165) is 69.2 Å². The van der Waals surface area contributed by atoms with Crippen LogP contribution in [0.4, 0.5) is 0 Å². The Bertz CT molecular complexity index is 926. The molecule has 0 amide bonds. The molecule has 0 radical (unpaired) electrons. The molecule has 0 bridgehead atoms. The molecule has 1 atom stereocenters. The topological polar surface area (TPSA) is 76.9 Å². The van der Waals surface area contributed by atoms with Gasteiger partial charge in [0.2, 0.25) is 5.56 Å². The molecule has 182 valence electrons. The zero-order valence-electron chi connectivity index (χ0n) is 19.7. The van der Waals surface area contributed by atoms with E-state index in [4.69, 9.17) is 14.5 Å². The minimum absolute atomic E-state index is 0. The summed E-state index contributed by atoms with van der Waals surface area (Å²) in [5, 5.41) is 6.69. The Hall–Kier alpha value is -2.07. The Morgan fingerprint density at radius 3 is 2.88 bits per heavy atom. The third kappa shape index (κ3) is 9.37. The Morgan fingerprint density at radius 2 is 2.12 bits per heavy atom. The number of rotatable bonds is 11. The highest BCUT2D eigenvalue weighted by atomic mass is 127. The molecule has 0 aliphatic carbocycles. The lowest BCUT2D eigenvalue weighted by molar-refractivity contribution is 0.0676. The lowest BCUT2D eigenvalue weighted by atomic mass is 10.1. The van der Waals surface area contributed by atoms with Gasteiger partial charge in [-0.1, -0.05) is 18.2 Å². The summed E-state index contributed by atoms with van der Waals surface area (Å²) >= 11 is 0. The van der Waals surface area contributed by atoms with E-state index in [1.165, 1.54) is 5.56 Å². The van der Waals surface area contributed by atoms with Crippen molar-refractivity contribution >= 4 is 29.9 Å². The van der Waals surface area contributed by atoms with E-state index in [2.05, 4.69) is 42.7 Å². The fourth-order valence-corrected chi connectivity index (χ4v) is 3.65. The molecule has 2 heterocycles. The van der Waals surface area contributed by atoms with E-state index in [9.17, 15) is 4.79 Å². The van der Waals surface area contributed by atoms with E-state index < -0.39 is 0 Å². The van der Waals surface area contributed by atoms with Crippen LogP contribution in [0.25, 0.3) is 0 Å². The molecular weight excluding hydrogens is 531 g/mol. The fourth-order valence-electron chi connectivity index (χ4n) is 3.65. The highest BCUT2D eigenvalue weighted by Gasteiger charge is 2.17. The Balaban J connectivity index is 0.00000385. The highest BCUT2D eigenvalue weighted by molar-refractivity contribution is 14.0. The molecule has 1 fully saturated rings. The molecule has 3 rings (SSSR count). The van der Waals surface area contributed by atoms with Gasteiger partial charge in [0.15, 0.2) is 5.96 Å². The molecule has 7 nitrogen and oxygen atoms in total. The number of hydrogen-bond donors (Lipinski definition) is 2. The number of ether oxygens (including phenoxy) is 2. The first-order chi connectivity index (χ1) is 15.7. The van der Waals surface area contributed by atoms with Gasteiger partial charge in [-0.3, -0.25) is 4.79 Å². The van der Waals surface area contributed by atoms with Crippen LogP contribution in [0.3, 0.4) is 0 Å². The number of pyridine rings is 1. The van der Waals surface area contributed by atoms with E-state index >= 15 is 0 Å². The van der Waals surface area contributed by atoms with Gasteiger partial charge in [0.25, 0.3) is 0 Å². The second-order valence-corrected chi connectivity index (χ2v) is 8.12. The number of nitrogens with zero attached hydrogens (tertiary/aromatic N) is 2. The van der Waals surface area contributed by atoms with Gasteiger partial charge < -0.3 is 24.7 Å². The minimum Gasteiger partial charge on any atom is -0.491 e. The molecule has 1 aromatic heterocycles. The number of halogens is 1. The summed E-state index contributed by atoms with van der Waals surface area (Å²) in [4.78, 5) is 16.5. The standard InChI is InChI=1S/C25H36N4O3.HI/c1-3-26-25(27-13-5-7-15-29-14-6-4-10-24(29)30)28-18-21-12-11-20(2)17-23(21)32-19-22-9-8-16-31-22;/h4,6,10-12,14,17,22H,3,5,7-9,13,15-16,18-19H2,1-2H3,(H2,26,27,28);1H. The Labute approximate surface area is 214 Å². The second kappa shape index (κ2) is 15.0. The van der Waals surface area contributed by atoms with Gasteiger partial charge >= 0.3 is 0 Å². The zero-order valence-corrected chi connectivity index (χ0v) is 22.0. The van der Waals surface area contributed by atoms with E-state index in [1.807, 2.05) is 12.3 Å². The lowest BCUT2D eigenvalue weighted by Crippen LogP contribution is -2.37. The summed E-state index contributed by atoms with van der Waals surface area (Å²) in [6.07, 6.45) is 6.08. The van der Waals surface area contributed by atoms with Crippen molar-refractivity contribution in [1.29, 1.82) is 0 Å². The van der Waals surface area contributed by atoms with Crippen LogP contribution in [0.2, 0.25) is 0 Å². The maximum Gasteiger partial charge on any atom is 0.250 e. The SMILES string of the molecule is CCNC(=NCc1ccc(C)cc1OCC1CCCO1)NCCCCn1ccccc1=O.I. The van der Waals surface area contributed by atoms with E-state index in [1.54, 1.807) is 16.7 Å². The van der Waals surface area contributed by atoms with Gasteiger partial charge in [-0.05, 0) is 57.2 Å². The smallest absolute Gasteiger partial charge is 0.250 e. The van der Waals surface area contributed by atoms with Gasteiger partial charge in [-0.2, -0.15) is 0 Å². The largest absolute Gasteiger partial charge is 0.491 e. The average molecular weight is 569 g/mol. The van der Waals surface area contributed by atoms with Crippen LogP contribution in [0.1, 0.15) is 43.7 Å². The number of aryl methyl sites for hydroxylation is 2. The van der Waals surface area contributed by atoms with Gasteiger partial charge in [-0.15, -0.1) is 24.0 Å². The van der Waals surface area contributed by atoms with Crippen LogP contribution in [0.5, 0.6) is 5.75 Å². The number of benzene rings is 1.